The highest BCUT2D eigenvalue weighted by atomic mass is 35.6. The Hall–Kier alpha value is -3.10. The van der Waals surface area contributed by atoms with Gasteiger partial charge >= 0.3 is 0 Å². The number of hydrogen-bond donors (Lipinski definition) is 1. The molecule has 2 aromatic heterocycles. The molecular weight excluding hydrogens is 541 g/mol. The number of carbonyl (C=O) groups excluding carboxylic acids is 1. The lowest BCUT2D eigenvalue weighted by atomic mass is 10.1. The lowest BCUT2D eigenvalue weighted by molar-refractivity contribution is 0.0833. The van der Waals surface area contributed by atoms with E-state index in [1.165, 1.54) is 11.3 Å². The largest absolute Gasteiger partial charge is 0.466 e. The number of benzene rings is 3. The summed E-state index contributed by atoms with van der Waals surface area (Å²) in [6.45, 7) is 1.92. The minimum Gasteiger partial charge on any atom is -0.466 e. The maximum absolute atomic E-state index is 13.0. The van der Waals surface area contributed by atoms with Crippen LogP contribution in [0.1, 0.15) is 21.5 Å². The van der Waals surface area contributed by atoms with Crippen molar-refractivity contribution < 1.29 is 9.53 Å². The molecule has 0 aliphatic heterocycles. The molecule has 10 heteroatoms. The number of ether oxygens (including phenoxy) is 1. The van der Waals surface area contributed by atoms with Crippen LogP contribution in [0.25, 0.3) is 22.1 Å². The third-order valence-corrected chi connectivity index (χ3v) is 7.01. The summed E-state index contributed by atoms with van der Waals surface area (Å²) in [4.78, 5) is 30.7. The van der Waals surface area contributed by atoms with Gasteiger partial charge in [0, 0.05) is 5.56 Å². The molecule has 0 aliphatic carbocycles. The number of rotatable bonds is 5. The van der Waals surface area contributed by atoms with Crippen molar-refractivity contribution in [2.75, 3.05) is 0 Å². The molecule has 5 rings (SSSR count). The van der Waals surface area contributed by atoms with Crippen molar-refractivity contribution in [3.05, 3.63) is 104 Å². The second-order valence-corrected chi connectivity index (χ2v) is 11.5. The Morgan fingerprint density at radius 1 is 1.06 bits per heavy atom. The fourth-order valence-electron chi connectivity index (χ4n) is 3.63. The molecule has 0 saturated carbocycles. The number of halogens is 3. The number of para-hydroxylation sites is 2. The highest BCUT2D eigenvalue weighted by Crippen LogP contribution is 2.32. The Labute approximate surface area is 224 Å². The van der Waals surface area contributed by atoms with Crippen LogP contribution in [-0.2, 0) is 0 Å². The molecule has 36 heavy (non-hydrogen) atoms. The van der Waals surface area contributed by atoms with Crippen LogP contribution in [0.2, 0.25) is 0 Å². The zero-order valence-electron chi connectivity index (χ0n) is 18.7. The van der Waals surface area contributed by atoms with Gasteiger partial charge in [-0.25, -0.2) is 9.38 Å². The van der Waals surface area contributed by atoms with Gasteiger partial charge in [0.25, 0.3) is 11.5 Å². The van der Waals surface area contributed by atoms with Crippen LogP contribution in [0.4, 0.5) is 0 Å². The third kappa shape index (κ3) is 5.06. The van der Waals surface area contributed by atoms with Crippen LogP contribution in [0.5, 0.6) is 5.75 Å². The van der Waals surface area contributed by atoms with E-state index in [-0.39, 0.29) is 5.56 Å². The van der Waals surface area contributed by atoms with Crippen molar-refractivity contribution in [1.82, 2.24) is 14.7 Å². The number of hydrogen-bond acceptors (Lipinski definition) is 5. The van der Waals surface area contributed by atoms with Crippen LogP contribution in [0, 0.1) is 6.92 Å². The van der Waals surface area contributed by atoms with E-state index in [0.717, 1.165) is 22.2 Å². The van der Waals surface area contributed by atoms with Gasteiger partial charge < -0.3 is 10.1 Å². The molecule has 1 atom stereocenters. The second-order valence-electron chi connectivity index (χ2n) is 8.08. The van der Waals surface area contributed by atoms with Crippen molar-refractivity contribution in [2.45, 2.75) is 16.9 Å². The Morgan fingerprint density at radius 2 is 1.75 bits per heavy atom. The average Bonchev–Trinajstić information content (AvgIpc) is 3.35. The molecule has 2 heterocycles. The van der Waals surface area contributed by atoms with Gasteiger partial charge in [0.15, 0.2) is 4.96 Å². The van der Waals surface area contributed by atoms with Gasteiger partial charge in [-0.15, -0.1) is 0 Å². The molecule has 0 radical (unpaired) electrons. The van der Waals surface area contributed by atoms with Gasteiger partial charge in [0.05, 0.1) is 15.6 Å². The summed E-state index contributed by atoms with van der Waals surface area (Å²) < 4.78 is 6.05. The highest BCUT2D eigenvalue weighted by Gasteiger charge is 2.36. The Balaban J connectivity index is 1.37. The normalized spacial score (nSPS) is 13.3. The zero-order valence-corrected chi connectivity index (χ0v) is 21.8. The lowest BCUT2D eigenvalue weighted by Crippen LogP contribution is -2.47. The number of alkyl halides is 3. The van der Waals surface area contributed by atoms with Crippen molar-refractivity contribution in [2.24, 2.45) is 0 Å². The van der Waals surface area contributed by atoms with Gasteiger partial charge in [-0.2, -0.15) is 0 Å². The number of aryl methyl sites for hydroxylation is 1. The van der Waals surface area contributed by atoms with Crippen LogP contribution in [0.3, 0.4) is 0 Å². The van der Waals surface area contributed by atoms with Crippen molar-refractivity contribution in [3.63, 3.8) is 0 Å². The van der Waals surface area contributed by atoms with Crippen molar-refractivity contribution >= 4 is 74.1 Å². The van der Waals surface area contributed by atoms with E-state index in [4.69, 9.17) is 39.5 Å². The maximum atomic E-state index is 13.0. The maximum Gasteiger partial charge on any atom is 0.274 e. The molecule has 1 N–H and O–H groups in total. The van der Waals surface area contributed by atoms with Crippen LogP contribution in [-0.4, -0.2) is 25.3 Å². The molecule has 0 spiro atoms. The van der Waals surface area contributed by atoms with Crippen LogP contribution >= 0.6 is 46.1 Å². The molecule has 0 aliphatic rings. The number of fused-ring (bicyclic) bond motifs is 3. The first-order chi connectivity index (χ1) is 17.2. The summed E-state index contributed by atoms with van der Waals surface area (Å²) >= 11 is 19.5. The molecule has 0 bridgehead atoms. The van der Waals surface area contributed by atoms with Gasteiger partial charge in [0.1, 0.15) is 5.75 Å². The van der Waals surface area contributed by atoms with Crippen LogP contribution < -0.4 is 20.1 Å². The molecule has 0 saturated heterocycles. The predicted octanol–water partition coefficient (Wildman–Crippen LogP) is 5.27. The number of amides is 1. The molecule has 1 unspecified atom stereocenters. The lowest BCUT2D eigenvalue weighted by Gasteiger charge is -2.26. The molecule has 182 valence electrons. The standard InChI is InChI=1S/C26H18Cl3N3O3S/c1-15-6-10-17(11-7-15)22(33)31-24(26(27,28)29)35-18-12-8-16(9-13-18)14-21-23(34)32-20-5-3-2-4-19(20)30-25(32)36-21/h2-14,24H,1H3,(H,31,33)/b21-14-. The minimum atomic E-state index is -1.92. The summed E-state index contributed by atoms with van der Waals surface area (Å²) in [6, 6.07) is 21.4. The number of nitrogens with one attached hydrogen (secondary N) is 1. The smallest absolute Gasteiger partial charge is 0.274 e. The Bertz CT molecular complexity index is 1670. The molecule has 6 nitrogen and oxygen atoms in total. The summed E-state index contributed by atoms with van der Waals surface area (Å²) in [6.07, 6.45) is 0.545. The monoisotopic (exact) mass is 557 g/mol. The van der Waals surface area contributed by atoms with Crippen molar-refractivity contribution in [1.29, 1.82) is 0 Å². The average molecular weight is 559 g/mol. The first-order valence-electron chi connectivity index (χ1n) is 10.8. The molecule has 0 fully saturated rings. The molecule has 3 aromatic carbocycles. The number of aromatic nitrogens is 2. The number of thiazole rings is 1. The van der Waals surface area contributed by atoms with Crippen molar-refractivity contribution in [3.8, 4) is 5.75 Å². The minimum absolute atomic E-state index is 0.126. The second kappa shape index (κ2) is 9.75. The first kappa shape index (κ1) is 24.6. The molecule has 1 amide bonds. The van der Waals surface area contributed by atoms with Crippen LogP contribution in [0.15, 0.2) is 77.6 Å². The van der Waals surface area contributed by atoms with E-state index in [2.05, 4.69) is 10.3 Å². The van der Waals surface area contributed by atoms with E-state index < -0.39 is 15.9 Å². The fourth-order valence-corrected chi connectivity index (χ4v) is 4.91. The predicted molar refractivity (Wildman–Crippen MR) is 145 cm³/mol. The van der Waals surface area contributed by atoms with Gasteiger partial charge in [-0.3, -0.25) is 9.59 Å². The Kier molecular flexibility index (Phi) is 6.66. The summed E-state index contributed by atoms with van der Waals surface area (Å²) in [5, 5.41) is 2.62. The Morgan fingerprint density at radius 3 is 2.44 bits per heavy atom. The van der Waals surface area contributed by atoms with Gasteiger partial charge in [-0.05, 0) is 55.0 Å². The fraction of sp³-hybridized carbons (Fsp3) is 0.115. The number of nitrogens with zero attached hydrogens (tertiary/aromatic N) is 2. The quantitative estimate of drug-likeness (QED) is 0.236. The van der Waals surface area contributed by atoms with E-state index in [1.54, 1.807) is 46.9 Å². The highest BCUT2D eigenvalue weighted by molar-refractivity contribution is 7.15. The number of imidazole rings is 1. The van der Waals surface area contributed by atoms with Gasteiger partial charge in [-0.1, -0.05) is 88.1 Å². The van der Waals surface area contributed by atoms with Gasteiger partial charge in [0.2, 0.25) is 10.0 Å². The molecular formula is C26H18Cl3N3O3S. The summed E-state index contributed by atoms with van der Waals surface area (Å²) in [7, 11) is 0. The zero-order chi connectivity index (χ0) is 25.4. The summed E-state index contributed by atoms with van der Waals surface area (Å²) in [5.41, 5.74) is 3.65. The topological polar surface area (TPSA) is 72.7 Å². The molecule has 5 aromatic rings. The van der Waals surface area contributed by atoms with E-state index in [1.807, 2.05) is 43.3 Å². The number of carbonyl (C=O) groups is 1. The van der Waals surface area contributed by atoms with E-state index in [0.29, 0.717) is 20.8 Å². The van der Waals surface area contributed by atoms with E-state index in [9.17, 15) is 9.59 Å². The third-order valence-electron chi connectivity index (χ3n) is 5.45. The van der Waals surface area contributed by atoms with E-state index >= 15 is 0 Å². The first-order valence-corrected chi connectivity index (χ1v) is 12.8. The SMILES string of the molecule is Cc1ccc(C(=O)NC(Oc2ccc(/C=c3\sc4nc5ccccc5n4c3=O)cc2)C(Cl)(Cl)Cl)cc1. The summed E-state index contributed by atoms with van der Waals surface area (Å²) in [5.74, 6) is -0.0588.